The van der Waals surface area contributed by atoms with Crippen LogP contribution in [0.4, 0.5) is 4.79 Å². The number of urea groups is 1. The quantitative estimate of drug-likeness (QED) is 0.410. The van der Waals surface area contributed by atoms with Gasteiger partial charge in [-0.1, -0.05) is 18.7 Å². The Labute approximate surface area is 108 Å². The molecule has 9 nitrogen and oxygen atoms in total. The molecule has 0 aliphatic rings. The van der Waals surface area contributed by atoms with Crippen molar-refractivity contribution in [3.05, 3.63) is 0 Å². The first-order valence-electron chi connectivity index (χ1n) is 5.32. The van der Waals surface area contributed by atoms with E-state index in [0.717, 1.165) is 24.9 Å². The predicted octanol–water partition coefficient (Wildman–Crippen LogP) is -1.43. The highest BCUT2D eigenvalue weighted by atomic mass is 32.2. The van der Waals surface area contributed by atoms with Gasteiger partial charge < -0.3 is 11.1 Å². The minimum atomic E-state index is -0.868. The molecule has 0 saturated carbocycles. The van der Waals surface area contributed by atoms with E-state index in [1.165, 1.54) is 0 Å². The summed E-state index contributed by atoms with van der Waals surface area (Å²) in [6, 6.07) is -0.868. The van der Waals surface area contributed by atoms with Crippen LogP contribution in [0.3, 0.4) is 0 Å². The number of rotatable bonds is 7. The van der Waals surface area contributed by atoms with Gasteiger partial charge in [0.05, 0.1) is 12.3 Å². The Morgan fingerprint density at radius 1 is 1.50 bits per heavy atom. The van der Waals surface area contributed by atoms with E-state index in [2.05, 4.69) is 20.8 Å². The lowest BCUT2D eigenvalue weighted by Crippen LogP contribution is -2.36. The Bertz CT molecular complexity index is 408. The average Bonchev–Trinajstić information content (AvgIpc) is 2.73. The Kier molecular flexibility index (Phi) is 6.08. The summed E-state index contributed by atoms with van der Waals surface area (Å²) in [5, 5.41) is 16.7. The van der Waals surface area contributed by atoms with E-state index in [1.807, 2.05) is 12.2 Å². The predicted molar refractivity (Wildman–Crippen MR) is 64.8 cm³/mol. The van der Waals surface area contributed by atoms with Crippen molar-refractivity contribution in [2.24, 2.45) is 5.73 Å². The second-order valence-electron chi connectivity index (χ2n) is 3.24. The van der Waals surface area contributed by atoms with Gasteiger partial charge in [-0.2, -0.15) is 0 Å². The van der Waals surface area contributed by atoms with E-state index >= 15 is 0 Å². The number of carbonyl (C=O) groups excluding carboxylic acids is 2. The number of amides is 3. The molecule has 1 heterocycles. The molecule has 18 heavy (non-hydrogen) atoms. The van der Waals surface area contributed by atoms with Gasteiger partial charge in [-0.3, -0.25) is 10.1 Å². The number of hydrogen-bond acceptors (Lipinski definition) is 7. The molecule has 1 aromatic rings. The van der Waals surface area contributed by atoms with E-state index in [-0.39, 0.29) is 5.75 Å². The Morgan fingerprint density at radius 3 is 2.94 bits per heavy atom. The molecule has 0 bridgehead atoms. The topological polar surface area (TPSA) is 128 Å². The molecule has 0 aliphatic heterocycles. The minimum Gasteiger partial charge on any atom is -0.351 e. The second kappa shape index (κ2) is 7.61. The van der Waals surface area contributed by atoms with Crippen molar-refractivity contribution in [2.75, 3.05) is 18.8 Å². The number of primary amides is 1. The molecule has 1 aromatic heterocycles. The number of thioether (sulfide) groups is 1. The van der Waals surface area contributed by atoms with Gasteiger partial charge in [0.2, 0.25) is 11.1 Å². The van der Waals surface area contributed by atoms with Crippen LogP contribution in [-0.4, -0.2) is 51.0 Å². The van der Waals surface area contributed by atoms with E-state index < -0.39 is 11.9 Å². The number of imide groups is 1. The second-order valence-corrected chi connectivity index (χ2v) is 4.18. The first kappa shape index (κ1) is 14.4. The zero-order valence-corrected chi connectivity index (χ0v) is 10.7. The molecule has 0 aromatic carbocycles. The lowest BCUT2D eigenvalue weighted by molar-refractivity contribution is -0.117. The van der Waals surface area contributed by atoms with Gasteiger partial charge in [0.1, 0.15) is 0 Å². The molecule has 0 unspecified atom stereocenters. The van der Waals surface area contributed by atoms with Gasteiger partial charge in [-0.05, 0) is 17.0 Å². The van der Waals surface area contributed by atoms with E-state index in [4.69, 9.17) is 5.73 Å². The van der Waals surface area contributed by atoms with Gasteiger partial charge in [0, 0.05) is 6.54 Å². The highest BCUT2D eigenvalue weighted by molar-refractivity contribution is 7.99. The molecule has 0 spiro atoms. The SMILES string of the molecule is CCNCCn1nnnc1SCC(=O)NC(N)=O. The summed E-state index contributed by atoms with van der Waals surface area (Å²) in [6.07, 6.45) is 0. The molecule has 0 saturated heterocycles. The maximum Gasteiger partial charge on any atom is 0.318 e. The molecular formula is C8H15N7O2S. The van der Waals surface area contributed by atoms with Crippen LogP contribution in [0.25, 0.3) is 0 Å². The fraction of sp³-hybridized carbons (Fsp3) is 0.625. The third-order valence-electron chi connectivity index (χ3n) is 1.84. The van der Waals surface area contributed by atoms with Crippen molar-refractivity contribution in [1.29, 1.82) is 0 Å². The average molecular weight is 273 g/mol. The summed E-state index contributed by atoms with van der Waals surface area (Å²) in [5.41, 5.74) is 4.82. The van der Waals surface area contributed by atoms with Crippen molar-refractivity contribution >= 4 is 23.7 Å². The van der Waals surface area contributed by atoms with Crippen LogP contribution in [0.15, 0.2) is 5.16 Å². The molecule has 1 rings (SSSR count). The van der Waals surface area contributed by atoms with Gasteiger partial charge in [0.25, 0.3) is 0 Å². The number of nitrogens with two attached hydrogens (primary N) is 1. The van der Waals surface area contributed by atoms with Gasteiger partial charge in [-0.25, -0.2) is 9.48 Å². The first-order valence-corrected chi connectivity index (χ1v) is 6.31. The molecule has 3 amide bonds. The molecular weight excluding hydrogens is 258 g/mol. The lowest BCUT2D eigenvalue weighted by Gasteiger charge is -2.04. The fourth-order valence-corrected chi connectivity index (χ4v) is 1.81. The lowest BCUT2D eigenvalue weighted by atomic mass is 10.6. The minimum absolute atomic E-state index is 0.0323. The van der Waals surface area contributed by atoms with Crippen LogP contribution >= 0.6 is 11.8 Å². The van der Waals surface area contributed by atoms with Crippen LogP contribution in [-0.2, 0) is 11.3 Å². The standard InChI is InChI=1S/C8H15N7O2S/c1-2-10-3-4-15-8(12-13-14-15)18-5-6(16)11-7(9)17/h10H,2-5H2,1H3,(H3,9,11,16,17). The summed E-state index contributed by atoms with van der Waals surface area (Å²) < 4.78 is 1.59. The van der Waals surface area contributed by atoms with Crippen LogP contribution in [0.2, 0.25) is 0 Å². The molecule has 10 heteroatoms. The van der Waals surface area contributed by atoms with Crippen LogP contribution in [0.1, 0.15) is 6.92 Å². The highest BCUT2D eigenvalue weighted by Crippen LogP contribution is 2.12. The van der Waals surface area contributed by atoms with Gasteiger partial charge in [0.15, 0.2) is 0 Å². The van der Waals surface area contributed by atoms with Crippen molar-refractivity contribution in [3.63, 3.8) is 0 Å². The Hall–Kier alpha value is -1.68. The first-order chi connectivity index (χ1) is 8.63. The summed E-state index contributed by atoms with van der Waals surface area (Å²) in [7, 11) is 0. The fourth-order valence-electron chi connectivity index (χ4n) is 1.11. The summed E-state index contributed by atoms with van der Waals surface area (Å²) in [4.78, 5) is 21.6. The third-order valence-corrected chi connectivity index (χ3v) is 2.80. The largest absolute Gasteiger partial charge is 0.351 e. The molecule has 0 atom stereocenters. The van der Waals surface area contributed by atoms with Crippen LogP contribution in [0.5, 0.6) is 0 Å². The molecule has 0 aliphatic carbocycles. The molecule has 4 N–H and O–H groups in total. The van der Waals surface area contributed by atoms with Gasteiger partial charge in [-0.15, -0.1) is 5.10 Å². The number of nitrogens with zero attached hydrogens (tertiary/aromatic N) is 4. The van der Waals surface area contributed by atoms with Crippen molar-refractivity contribution in [1.82, 2.24) is 30.8 Å². The maximum absolute atomic E-state index is 11.2. The van der Waals surface area contributed by atoms with Crippen molar-refractivity contribution in [3.8, 4) is 0 Å². The molecule has 0 fully saturated rings. The van der Waals surface area contributed by atoms with E-state index in [0.29, 0.717) is 11.7 Å². The summed E-state index contributed by atoms with van der Waals surface area (Å²) in [6.45, 7) is 4.22. The monoisotopic (exact) mass is 273 g/mol. The summed E-state index contributed by atoms with van der Waals surface area (Å²) in [5.74, 6) is -0.446. The maximum atomic E-state index is 11.2. The smallest absolute Gasteiger partial charge is 0.318 e. The normalized spacial score (nSPS) is 10.3. The Balaban J connectivity index is 2.40. The van der Waals surface area contributed by atoms with Crippen LogP contribution in [0, 0.1) is 0 Å². The number of aromatic nitrogens is 4. The molecule has 0 radical (unpaired) electrons. The number of carbonyl (C=O) groups is 2. The Morgan fingerprint density at radius 2 is 2.28 bits per heavy atom. The van der Waals surface area contributed by atoms with Gasteiger partial charge >= 0.3 is 6.03 Å². The highest BCUT2D eigenvalue weighted by Gasteiger charge is 2.10. The third kappa shape index (κ3) is 5.10. The van der Waals surface area contributed by atoms with Crippen molar-refractivity contribution < 1.29 is 9.59 Å². The summed E-state index contributed by atoms with van der Waals surface area (Å²) >= 11 is 1.14. The number of nitrogens with one attached hydrogen (secondary N) is 2. The molecule has 100 valence electrons. The number of likely N-dealkylation sites (N-methyl/N-ethyl adjacent to an activating group) is 1. The van der Waals surface area contributed by atoms with Crippen molar-refractivity contribution in [2.45, 2.75) is 18.6 Å². The number of hydrogen-bond donors (Lipinski definition) is 3. The zero-order chi connectivity index (χ0) is 13.4. The number of tetrazole rings is 1. The van der Waals surface area contributed by atoms with E-state index in [9.17, 15) is 9.59 Å². The van der Waals surface area contributed by atoms with Crippen LogP contribution < -0.4 is 16.4 Å². The van der Waals surface area contributed by atoms with E-state index in [1.54, 1.807) is 4.68 Å². The zero-order valence-electron chi connectivity index (χ0n) is 9.92.